The number of nitrogens with zero attached hydrogens (tertiary/aromatic N) is 3. The van der Waals surface area contributed by atoms with Crippen LogP contribution in [0, 0.1) is 11.6 Å². The molecular weight excluding hydrogens is 378 g/mol. The zero-order valence-corrected chi connectivity index (χ0v) is 14.6. The second kappa shape index (κ2) is 7.63. The van der Waals surface area contributed by atoms with E-state index in [0.29, 0.717) is 6.54 Å². The summed E-state index contributed by atoms with van der Waals surface area (Å²) in [5, 5.41) is 6.21. The molecule has 6 nitrogen and oxygen atoms in total. The molecule has 0 aliphatic carbocycles. The molecule has 0 saturated carbocycles. The van der Waals surface area contributed by atoms with Gasteiger partial charge in [0.1, 0.15) is 17.1 Å². The van der Waals surface area contributed by atoms with Gasteiger partial charge in [-0.2, -0.15) is 8.78 Å². The minimum Gasteiger partial charge on any atom is -0.435 e. The fraction of sp³-hybridized carbons (Fsp3) is 0.333. The van der Waals surface area contributed by atoms with Crippen LogP contribution in [0.5, 0.6) is 5.75 Å². The molecule has 0 aromatic carbocycles. The van der Waals surface area contributed by atoms with Crippen molar-refractivity contribution in [2.75, 3.05) is 18.4 Å². The molecule has 10 heteroatoms. The van der Waals surface area contributed by atoms with E-state index in [-0.39, 0.29) is 34.6 Å². The third-order valence-corrected chi connectivity index (χ3v) is 4.52. The van der Waals surface area contributed by atoms with Gasteiger partial charge in [-0.25, -0.2) is 18.7 Å². The summed E-state index contributed by atoms with van der Waals surface area (Å²) >= 11 is 0. The minimum absolute atomic E-state index is 0.00898. The SMILES string of the molecule is Fc1cc(F)c(-c2cnc3cc(OC(F)F)ccn23)nc1NC1CCCNC1. The largest absolute Gasteiger partial charge is 0.435 e. The fourth-order valence-corrected chi connectivity index (χ4v) is 3.23. The predicted octanol–water partition coefficient (Wildman–Crippen LogP) is 3.44. The second-order valence-corrected chi connectivity index (χ2v) is 6.45. The van der Waals surface area contributed by atoms with Crippen LogP contribution in [0.3, 0.4) is 0 Å². The van der Waals surface area contributed by atoms with E-state index in [1.165, 1.54) is 28.9 Å². The molecule has 0 radical (unpaired) electrons. The summed E-state index contributed by atoms with van der Waals surface area (Å²) in [7, 11) is 0. The Morgan fingerprint density at radius 3 is 2.86 bits per heavy atom. The first kappa shape index (κ1) is 18.5. The van der Waals surface area contributed by atoms with Crippen molar-refractivity contribution < 1.29 is 22.3 Å². The molecule has 2 N–H and O–H groups in total. The van der Waals surface area contributed by atoms with Crippen LogP contribution in [0.15, 0.2) is 30.6 Å². The third-order valence-electron chi connectivity index (χ3n) is 4.52. The van der Waals surface area contributed by atoms with Crippen LogP contribution in [-0.4, -0.2) is 40.1 Å². The van der Waals surface area contributed by atoms with Crippen molar-refractivity contribution >= 4 is 11.5 Å². The van der Waals surface area contributed by atoms with E-state index in [1.807, 2.05) is 0 Å². The lowest BCUT2D eigenvalue weighted by atomic mass is 10.1. The zero-order valence-electron chi connectivity index (χ0n) is 14.6. The third kappa shape index (κ3) is 3.72. The minimum atomic E-state index is -2.96. The maximum Gasteiger partial charge on any atom is 0.387 e. The summed E-state index contributed by atoms with van der Waals surface area (Å²) in [6.45, 7) is -1.39. The summed E-state index contributed by atoms with van der Waals surface area (Å²) < 4.78 is 59.2. The Labute approximate surface area is 157 Å². The van der Waals surface area contributed by atoms with Crippen LogP contribution in [0.2, 0.25) is 0 Å². The van der Waals surface area contributed by atoms with Crippen LogP contribution in [-0.2, 0) is 0 Å². The molecule has 1 fully saturated rings. The van der Waals surface area contributed by atoms with Gasteiger partial charge in [0.25, 0.3) is 0 Å². The van der Waals surface area contributed by atoms with Crippen LogP contribution in [0.1, 0.15) is 12.8 Å². The summed E-state index contributed by atoms with van der Waals surface area (Å²) in [6, 6.07) is 3.36. The molecule has 28 heavy (non-hydrogen) atoms. The van der Waals surface area contributed by atoms with Gasteiger partial charge < -0.3 is 15.4 Å². The Morgan fingerprint density at radius 2 is 2.11 bits per heavy atom. The average molecular weight is 395 g/mol. The van der Waals surface area contributed by atoms with Crippen molar-refractivity contribution in [3.63, 3.8) is 0 Å². The van der Waals surface area contributed by atoms with E-state index in [0.717, 1.165) is 25.5 Å². The molecule has 4 heterocycles. The number of anilines is 1. The highest BCUT2D eigenvalue weighted by Gasteiger charge is 2.20. The number of ether oxygens (including phenoxy) is 1. The highest BCUT2D eigenvalue weighted by molar-refractivity contribution is 5.63. The number of alkyl halides is 2. The van der Waals surface area contributed by atoms with Crippen LogP contribution >= 0.6 is 0 Å². The van der Waals surface area contributed by atoms with Gasteiger partial charge in [-0.15, -0.1) is 0 Å². The van der Waals surface area contributed by atoms with Crippen molar-refractivity contribution in [1.82, 2.24) is 19.7 Å². The molecule has 148 valence electrons. The first-order valence-electron chi connectivity index (χ1n) is 8.77. The second-order valence-electron chi connectivity index (χ2n) is 6.45. The molecule has 3 aromatic heterocycles. The number of aromatic nitrogens is 3. The van der Waals surface area contributed by atoms with Crippen LogP contribution in [0.4, 0.5) is 23.4 Å². The number of piperidine rings is 1. The van der Waals surface area contributed by atoms with Crippen molar-refractivity contribution in [1.29, 1.82) is 0 Å². The highest BCUT2D eigenvalue weighted by atomic mass is 19.3. The molecule has 4 rings (SSSR count). The van der Waals surface area contributed by atoms with Crippen LogP contribution in [0.25, 0.3) is 17.0 Å². The number of pyridine rings is 2. The van der Waals surface area contributed by atoms with E-state index in [9.17, 15) is 17.6 Å². The summed E-state index contributed by atoms with van der Waals surface area (Å²) in [6.07, 6.45) is 4.56. The summed E-state index contributed by atoms with van der Waals surface area (Å²) in [5.74, 6) is -1.75. The highest BCUT2D eigenvalue weighted by Crippen LogP contribution is 2.27. The van der Waals surface area contributed by atoms with E-state index < -0.39 is 18.2 Å². The van der Waals surface area contributed by atoms with E-state index >= 15 is 0 Å². The Hall–Kier alpha value is -2.88. The Morgan fingerprint density at radius 1 is 1.25 bits per heavy atom. The number of fused-ring (bicyclic) bond motifs is 1. The van der Waals surface area contributed by atoms with Crippen molar-refractivity contribution in [3.8, 4) is 17.1 Å². The zero-order chi connectivity index (χ0) is 19.7. The number of rotatable bonds is 5. The maximum atomic E-state index is 14.4. The number of imidazole rings is 1. The van der Waals surface area contributed by atoms with E-state index in [4.69, 9.17) is 0 Å². The topological polar surface area (TPSA) is 63.5 Å². The van der Waals surface area contributed by atoms with Crippen molar-refractivity contribution in [2.45, 2.75) is 25.5 Å². The molecular formula is C18H17F4N5O. The molecule has 1 aliphatic heterocycles. The van der Waals surface area contributed by atoms with Gasteiger partial charge in [0, 0.05) is 30.9 Å². The van der Waals surface area contributed by atoms with Crippen molar-refractivity contribution in [2.24, 2.45) is 0 Å². The maximum absolute atomic E-state index is 14.4. The normalized spacial score (nSPS) is 17.2. The Kier molecular flexibility index (Phi) is 5.03. The molecule has 3 aromatic rings. The smallest absolute Gasteiger partial charge is 0.387 e. The van der Waals surface area contributed by atoms with Gasteiger partial charge in [-0.3, -0.25) is 4.40 Å². The lowest BCUT2D eigenvalue weighted by molar-refractivity contribution is -0.0498. The number of hydrogen-bond donors (Lipinski definition) is 2. The Bertz CT molecular complexity index is 988. The van der Waals surface area contributed by atoms with E-state index in [2.05, 4.69) is 25.3 Å². The quantitative estimate of drug-likeness (QED) is 0.648. The van der Waals surface area contributed by atoms with Gasteiger partial charge in [-0.05, 0) is 25.5 Å². The van der Waals surface area contributed by atoms with Crippen molar-refractivity contribution in [3.05, 3.63) is 42.2 Å². The Balaban J connectivity index is 1.69. The van der Waals surface area contributed by atoms with Gasteiger partial charge >= 0.3 is 6.61 Å². The molecule has 0 spiro atoms. The predicted molar refractivity (Wildman–Crippen MR) is 94.5 cm³/mol. The molecule has 1 aliphatic rings. The van der Waals surface area contributed by atoms with Crippen LogP contribution < -0.4 is 15.4 Å². The number of halogens is 4. The van der Waals surface area contributed by atoms with Gasteiger partial charge in [0.15, 0.2) is 17.5 Å². The first-order chi connectivity index (χ1) is 13.5. The van der Waals surface area contributed by atoms with Gasteiger partial charge in [-0.1, -0.05) is 0 Å². The standard InChI is InChI=1S/C18H17F4N5O/c19-12-7-13(20)17(25-10-2-1-4-23-8-10)26-16(12)14-9-24-15-6-11(28-18(21)22)3-5-27(14)15/h3,5-7,9-10,18,23H,1-2,4,8H2,(H,25,26). The first-order valence-corrected chi connectivity index (χ1v) is 8.77. The van der Waals surface area contributed by atoms with E-state index in [1.54, 1.807) is 0 Å². The molecule has 0 bridgehead atoms. The summed E-state index contributed by atoms with van der Waals surface area (Å²) in [5.41, 5.74) is 0.438. The molecule has 0 amide bonds. The molecule has 1 saturated heterocycles. The number of hydrogen-bond acceptors (Lipinski definition) is 5. The van der Waals surface area contributed by atoms with Gasteiger partial charge in [0.05, 0.1) is 11.9 Å². The monoisotopic (exact) mass is 395 g/mol. The molecule has 1 atom stereocenters. The lowest BCUT2D eigenvalue weighted by Gasteiger charge is -2.24. The van der Waals surface area contributed by atoms with Gasteiger partial charge in [0.2, 0.25) is 0 Å². The summed E-state index contributed by atoms with van der Waals surface area (Å²) in [4.78, 5) is 8.21. The lowest BCUT2D eigenvalue weighted by Crippen LogP contribution is -2.38. The molecule has 1 unspecified atom stereocenters. The number of nitrogens with one attached hydrogen (secondary N) is 2. The average Bonchev–Trinajstić information content (AvgIpc) is 3.07. The fourth-order valence-electron chi connectivity index (χ4n) is 3.23.